The van der Waals surface area contributed by atoms with Gasteiger partial charge < -0.3 is 30.2 Å². The zero-order valence-electron chi connectivity index (χ0n) is 16.1. The van der Waals surface area contributed by atoms with Crippen LogP contribution in [0.1, 0.15) is 20.8 Å². The molecule has 0 unspecified atom stereocenters. The van der Waals surface area contributed by atoms with E-state index < -0.39 is 17.6 Å². The number of methoxy groups -OCH3 is 1. The van der Waals surface area contributed by atoms with Crippen molar-refractivity contribution >= 4 is 29.3 Å². The average Bonchev–Trinajstić information content (AvgIpc) is 2.57. The van der Waals surface area contributed by atoms with Crippen LogP contribution in [0.4, 0.5) is 16.2 Å². The van der Waals surface area contributed by atoms with E-state index in [-0.39, 0.29) is 19.1 Å². The third-order valence-corrected chi connectivity index (χ3v) is 2.91. The van der Waals surface area contributed by atoms with Crippen molar-refractivity contribution in [2.24, 2.45) is 0 Å². The molecule has 3 N–H and O–H groups in total. The van der Waals surface area contributed by atoms with Crippen molar-refractivity contribution in [2.45, 2.75) is 26.4 Å². The van der Waals surface area contributed by atoms with Crippen molar-refractivity contribution in [3.63, 3.8) is 0 Å². The van der Waals surface area contributed by atoms with Crippen LogP contribution in [0.15, 0.2) is 24.3 Å². The molecule has 1 aromatic rings. The summed E-state index contributed by atoms with van der Waals surface area (Å²) in [7, 11) is 1.55. The van der Waals surface area contributed by atoms with Crippen LogP contribution in [0.2, 0.25) is 0 Å². The van der Waals surface area contributed by atoms with Crippen LogP contribution in [0, 0.1) is 0 Å². The zero-order chi connectivity index (χ0) is 20.3. The van der Waals surface area contributed by atoms with E-state index in [9.17, 15) is 14.4 Å². The molecule has 9 nitrogen and oxygen atoms in total. The summed E-state index contributed by atoms with van der Waals surface area (Å²) in [6, 6.07) is 6.55. The smallest absolute Gasteiger partial charge is 0.408 e. The number of alkyl carbamates (subject to hydrolysis) is 1. The highest BCUT2D eigenvalue weighted by Crippen LogP contribution is 2.13. The molecule has 0 aromatic heterocycles. The average molecular weight is 381 g/mol. The minimum atomic E-state index is -0.663. The number of carbonyl (C=O) groups excluding carboxylic acids is 3. The SMILES string of the molecule is COCCOCC(=O)Nc1ccc(NC(=O)CNC(=O)OC(C)(C)C)cc1. The van der Waals surface area contributed by atoms with E-state index in [2.05, 4.69) is 16.0 Å². The topological polar surface area (TPSA) is 115 Å². The van der Waals surface area contributed by atoms with Gasteiger partial charge in [-0.25, -0.2) is 4.79 Å². The van der Waals surface area contributed by atoms with Crippen molar-refractivity contribution in [3.05, 3.63) is 24.3 Å². The Morgan fingerprint density at radius 1 is 0.926 bits per heavy atom. The van der Waals surface area contributed by atoms with Gasteiger partial charge in [-0.1, -0.05) is 0 Å². The van der Waals surface area contributed by atoms with Crippen molar-refractivity contribution in [3.8, 4) is 0 Å². The van der Waals surface area contributed by atoms with E-state index in [0.717, 1.165) is 0 Å². The second kappa shape index (κ2) is 11.1. The third-order valence-electron chi connectivity index (χ3n) is 2.91. The summed E-state index contributed by atoms with van der Waals surface area (Å²) in [6.07, 6.45) is -0.663. The summed E-state index contributed by atoms with van der Waals surface area (Å²) in [4.78, 5) is 35.0. The predicted molar refractivity (Wildman–Crippen MR) is 101 cm³/mol. The molecular weight excluding hydrogens is 354 g/mol. The first-order chi connectivity index (χ1) is 12.7. The maximum atomic E-state index is 11.8. The lowest BCUT2D eigenvalue weighted by Crippen LogP contribution is -2.37. The monoisotopic (exact) mass is 381 g/mol. The molecule has 0 radical (unpaired) electrons. The van der Waals surface area contributed by atoms with Gasteiger partial charge in [0.15, 0.2) is 0 Å². The van der Waals surface area contributed by atoms with Gasteiger partial charge in [0, 0.05) is 18.5 Å². The van der Waals surface area contributed by atoms with E-state index in [0.29, 0.717) is 24.6 Å². The third kappa shape index (κ3) is 10.8. The van der Waals surface area contributed by atoms with Crippen molar-refractivity contribution in [1.29, 1.82) is 0 Å². The predicted octanol–water partition coefficient (Wildman–Crippen LogP) is 1.75. The molecule has 1 aromatic carbocycles. The number of rotatable bonds is 9. The van der Waals surface area contributed by atoms with Gasteiger partial charge in [0.2, 0.25) is 11.8 Å². The first-order valence-corrected chi connectivity index (χ1v) is 8.43. The second-order valence-corrected chi connectivity index (χ2v) is 6.57. The number of nitrogens with one attached hydrogen (secondary N) is 3. The number of ether oxygens (including phenoxy) is 3. The Morgan fingerprint density at radius 3 is 2.00 bits per heavy atom. The van der Waals surface area contributed by atoms with E-state index in [1.165, 1.54) is 0 Å². The Bertz CT molecular complexity index is 625. The number of anilines is 2. The van der Waals surface area contributed by atoms with Crippen molar-refractivity contribution in [2.75, 3.05) is 44.1 Å². The van der Waals surface area contributed by atoms with Crippen LogP contribution in [-0.4, -0.2) is 57.0 Å². The summed E-state index contributed by atoms with van der Waals surface area (Å²) in [6.45, 7) is 5.68. The normalized spacial score (nSPS) is 10.8. The van der Waals surface area contributed by atoms with Crippen LogP contribution in [0.25, 0.3) is 0 Å². The molecule has 0 saturated heterocycles. The van der Waals surface area contributed by atoms with E-state index in [1.807, 2.05) is 0 Å². The minimum absolute atomic E-state index is 0.0712. The van der Waals surface area contributed by atoms with Gasteiger partial charge in [-0.3, -0.25) is 9.59 Å². The van der Waals surface area contributed by atoms with Gasteiger partial charge in [0.25, 0.3) is 0 Å². The molecule has 0 atom stereocenters. The van der Waals surface area contributed by atoms with Gasteiger partial charge >= 0.3 is 6.09 Å². The Kier molecular flexibility index (Phi) is 9.24. The summed E-state index contributed by atoms with van der Waals surface area (Å²) in [5.74, 6) is -0.686. The fraction of sp³-hybridized carbons (Fsp3) is 0.500. The van der Waals surface area contributed by atoms with Gasteiger partial charge in [-0.05, 0) is 45.0 Å². The first kappa shape index (κ1) is 22.4. The zero-order valence-corrected chi connectivity index (χ0v) is 16.1. The van der Waals surface area contributed by atoms with Gasteiger partial charge in [0.05, 0.1) is 13.2 Å². The van der Waals surface area contributed by atoms with Gasteiger partial charge in [-0.2, -0.15) is 0 Å². The molecule has 0 heterocycles. The number of amides is 3. The van der Waals surface area contributed by atoms with Crippen molar-refractivity contribution < 1.29 is 28.6 Å². The van der Waals surface area contributed by atoms with Crippen LogP contribution in [-0.2, 0) is 23.8 Å². The Hall–Kier alpha value is -2.65. The Balaban J connectivity index is 2.35. The van der Waals surface area contributed by atoms with Crippen LogP contribution in [0.3, 0.4) is 0 Å². The molecule has 1 rings (SSSR count). The number of benzene rings is 1. The number of hydrogen-bond donors (Lipinski definition) is 3. The Labute approximate surface area is 158 Å². The number of carbonyl (C=O) groups is 3. The molecule has 0 fully saturated rings. The Morgan fingerprint density at radius 2 is 1.48 bits per heavy atom. The summed E-state index contributed by atoms with van der Waals surface area (Å²) >= 11 is 0. The fourth-order valence-electron chi connectivity index (χ4n) is 1.81. The molecule has 0 bridgehead atoms. The van der Waals surface area contributed by atoms with E-state index >= 15 is 0 Å². The summed E-state index contributed by atoms with van der Waals surface area (Å²) in [5, 5.41) is 7.67. The molecule has 0 saturated carbocycles. The molecule has 27 heavy (non-hydrogen) atoms. The van der Waals surface area contributed by atoms with E-state index in [1.54, 1.807) is 52.1 Å². The molecule has 0 aliphatic carbocycles. The van der Waals surface area contributed by atoms with Crippen LogP contribution in [0.5, 0.6) is 0 Å². The lowest BCUT2D eigenvalue weighted by Gasteiger charge is -2.19. The lowest BCUT2D eigenvalue weighted by atomic mass is 10.2. The van der Waals surface area contributed by atoms with Gasteiger partial charge in [0.1, 0.15) is 18.8 Å². The first-order valence-electron chi connectivity index (χ1n) is 8.43. The highest BCUT2D eigenvalue weighted by Gasteiger charge is 2.16. The molecular formula is C18H27N3O6. The molecule has 0 spiro atoms. The van der Waals surface area contributed by atoms with Crippen molar-refractivity contribution in [1.82, 2.24) is 5.32 Å². The lowest BCUT2D eigenvalue weighted by molar-refractivity contribution is -0.121. The molecule has 150 valence electrons. The van der Waals surface area contributed by atoms with Crippen LogP contribution < -0.4 is 16.0 Å². The standard InChI is InChI=1S/C18H27N3O6/c1-18(2,3)27-17(24)19-11-15(22)20-13-5-7-14(8-6-13)21-16(23)12-26-10-9-25-4/h5-8H,9-12H2,1-4H3,(H,19,24)(H,20,22)(H,21,23). The largest absolute Gasteiger partial charge is 0.444 e. The quantitative estimate of drug-likeness (QED) is 0.562. The molecule has 0 aliphatic heterocycles. The maximum absolute atomic E-state index is 11.8. The summed E-state index contributed by atoms with van der Waals surface area (Å²) in [5.41, 5.74) is 0.468. The molecule has 9 heteroatoms. The second-order valence-electron chi connectivity index (χ2n) is 6.57. The van der Waals surface area contributed by atoms with Crippen LogP contribution >= 0.6 is 0 Å². The molecule has 3 amide bonds. The molecule has 0 aliphatic rings. The fourth-order valence-corrected chi connectivity index (χ4v) is 1.81. The number of hydrogen-bond acceptors (Lipinski definition) is 6. The van der Waals surface area contributed by atoms with E-state index in [4.69, 9.17) is 14.2 Å². The summed E-state index contributed by atoms with van der Waals surface area (Å²) < 4.78 is 15.0. The minimum Gasteiger partial charge on any atom is -0.444 e. The highest BCUT2D eigenvalue weighted by molar-refractivity contribution is 5.95. The maximum Gasteiger partial charge on any atom is 0.408 e. The highest BCUT2D eigenvalue weighted by atomic mass is 16.6. The van der Waals surface area contributed by atoms with Gasteiger partial charge in [-0.15, -0.1) is 0 Å².